The van der Waals surface area contributed by atoms with Crippen LogP contribution < -0.4 is 9.47 Å². The average Bonchev–Trinajstić information content (AvgIpc) is 2.76. The lowest BCUT2D eigenvalue weighted by Crippen LogP contribution is -2.65. The van der Waals surface area contributed by atoms with Crippen LogP contribution in [0.4, 0.5) is 0 Å². The van der Waals surface area contributed by atoms with Gasteiger partial charge in [0.15, 0.2) is 6.10 Å². The van der Waals surface area contributed by atoms with E-state index in [2.05, 4.69) is 0 Å². The Balaban J connectivity index is 1.73. The molecule has 8 nitrogen and oxygen atoms in total. The fraction of sp³-hybridized carbons (Fsp3) is 0.364. The van der Waals surface area contributed by atoms with Crippen LogP contribution in [-0.2, 0) is 9.53 Å². The SMILES string of the molecule is COc1ccc(OC[C@@H]2[C@@H](O)[C@@H](OC(=O)c3ccccc3)[C@H](O)CN2C(C)=O)cc1. The predicted octanol–water partition coefficient (Wildman–Crippen LogP) is 1.25. The van der Waals surface area contributed by atoms with Crippen molar-refractivity contribution in [1.82, 2.24) is 4.90 Å². The van der Waals surface area contributed by atoms with Crippen molar-refractivity contribution in [2.45, 2.75) is 31.3 Å². The molecule has 1 heterocycles. The number of carbonyl (C=O) groups excluding carboxylic acids is 2. The summed E-state index contributed by atoms with van der Waals surface area (Å²) >= 11 is 0. The molecule has 0 radical (unpaired) electrons. The van der Waals surface area contributed by atoms with Crippen molar-refractivity contribution >= 4 is 11.9 Å². The molecule has 3 rings (SSSR count). The van der Waals surface area contributed by atoms with Crippen LogP contribution in [0, 0.1) is 0 Å². The summed E-state index contributed by atoms with van der Waals surface area (Å²) < 4.78 is 16.2. The average molecular weight is 415 g/mol. The molecular formula is C22H25NO7. The second kappa shape index (κ2) is 9.60. The number of esters is 1. The number of carbonyl (C=O) groups is 2. The second-order valence-corrected chi connectivity index (χ2v) is 7.02. The number of β-amino-alcohol motifs (C(OH)–C–C–N with tert-alkyl or cyclic N) is 1. The van der Waals surface area contributed by atoms with Gasteiger partial charge in [-0.3, -0.25) is 4.79 Å². The first-order valence-electron chi connectivity index (χ1n) is 9.57. The van der Waals surface area contributed by atoms with Gasteiger partial charge in [-0.05, 0) is 36.4 Å². The van der Waals surface area contributed by atoms with E-state index in [0.29, 0.717) is 17.1 Å². The molecule has 0 spiro atoms. The van der Waals surface area contributed by atoms with Crippen LogP contribution in [0.5, 0.6) is 11.5 Å². The van der Waals surface area contributed by atoms with E-state index in [-0.39, 0.29) is 19.1 Å². The van der Waals surface area contributed by atoms with Gasteiger partial charge < -0.3 is 29.3 Å². The number of aliphatic hydroxyl groups excluding tert-OH is 2. The van der Waals surface area contributed by atoms with Crippen molar-refractivity contribution in [1.29, 1.82) is 0 Å². The number of piperidine rings is 1. The van der Waals surface area contributed by atoms with Crippen LogP contribution in [0.2, 0.25) is 0 Å². The number of hydrogen-bond acceptors (Lipinski definition) is 7. The minimum atomic E-state index is -1.33. The van der Waals surface area contributed by atoms with Gasteiger partial charge in [0.2, 0.25) is 5.91 Å². The summed E-state index contributed by atoms with van der Waals surface area (Å²) in [4.78, 5) is 25.8. The second-order valence-electron chi connectivity index (χ2n) is 7.02. The highest BCUT2D eigenvalue weighted by Gasteiger charge is 2.46. The number of rotatable bonds is 6. The summed E-state index contributed by atoms with van der Waals surface area (Å²) in [5, 5.41) is 21.3. The number of methoxy groups -OCH3 is 1. The number of aliphatic hydroxyl groups is 2. The highest BCUT2D eigenvalue weighted by Crippen LogP contribution is 2.25. The molecule has 1 aliphatic rings. The van der Waals surface area contributed by atoms with E-state index in [1.165, 1.54) is 11.8 Å². The Morgan fingerprint density at radius 3 is 2.27 bits per heavy atom. The smallest absolute Gasteiger partial charge is 0.338 e. The minimum absolute atomic E-state index is 0.0425. The molecule has 30 heavy (non-hydrogen) atoms. The summed E-state index contributed by atoms with van der Waals surface area (Å²) in [6.45, 7) is 1.21. The third-order valence-electron chi connectivity index (χ3n) is 5.03. The fourth-order valence-corrected chi connectivity index (χ4v) is 3.39. The lowest BCUT2D eigenvalue weighted by molar-refractivity contribution is -0.164. The molecule has 0 aliphatic carbocycles. The molecule has 2 N–H and O–H groups in total. The van der Waals surface area contributed by atoms with Gasteiger partial charge in [0.25, 0.3) is 0 Å². The van der Waals surface area contributed by atoms with Crippen LogP contribution in [0.3, 0.4) is 0 Å². The van der Waals surface area contributed by atoms with Crippen molar-refractivity contribution < 1.29 is 34.0 Å². The van der Waals surface area contributed by atoms with Crippen LogP contribution >= 0.6 is 0 Å². The van der Waals surface area contributed by atoms with Crippen LogP contribution in [0.25, 0.3) is 0 Å². The zero-order valence-corrected chi connectivity index (χ0v) is 16.8. The molecule has 1 fully saturated rings. The molecule has 0 saturated carbocycles. The van der Waals surface area contributed by atoms with Gasteiger partial charge in [0, 0.05) is 6.92 Å². The normalized spacial score (nSPS) is 23.5. The molecule has 2 aromatic carbocycles. The molecule has 2 aromatic rings. The Kier molecular flexibility index (Phi) is 6.91. The van der Waals surface area contributed by atoms with E-state index in [0.717, 1.165) is 0 Å². The zero-order valence-electron chi connectivity index (χ0n) is 16.8. The molecule has 1 amide bonds. The third kappa shape index (κ3) is 4.90. The lowest BCUT2D eigenvalue weighted by Gasteiger charge is -2.44. The Hall–Kier alpha value is -3.10. The Morgan fingerprint density at radius 1 is 1.03 bits per heavy atom. The van der Waals surface area contributed by atoms with Crippen molar-refractivity contribution in [3.63, 3.8) is 0 Å². The molecule has 0 bridgehead atoms. The maximum atomic E-state index is 12.4. The molecule has 160 valence electrons. The monoisotopic (exact) mass is 415 g/mol. The maximum Gasteiger partial charge on any atom is 0.338 e. The van der Waals surface area contributed by atoms with Gasteiger partial charge in [-0.15, -0.1) is 0 Å². The van der Waals surface area contributed by atoms with E-state index in [1.807, 2.05) is 0 Å². The molecule has 8 heteroatoms. The van der Waals surface area contributed by atoms with Gasteiger partial charge in [-0.1, -0.05) is 18.2 Å². The summed E-state index contributed by atoms with van der Waals surface area (Å²) in [5.74, 6) is 0.200. The lowest BCUT2D eigenvalue weighted by atomic mass is 9.93. The minimum Gasteiger partial charge on any atom is -0.497 e. The molecule has 0 unspecified atom stereocenters. The number of ether oxygens (including phenoxy) is 3. The van der Waals surface area contributed by atoms with Gasteiger partial charge in [-0.25, -0.2) is 4.79 Å². The number of benzene rings is 2. The summed E-state index contributed by atoms with van der Waals surface area (Å²) in [6.07, 6.45) is -3.75. The Bertz CT molecular complexity index is 856. The predicted molar refractivity (Wildman–Crippen MR) is 107 cm³/mol. The Labute approximate surface area is 174 Å². The van der Waals surface area contributed by atoms with E-state index in [1.54, 1.807) is 61.7 Å². The number of nitrogens with zero attached hydrogens (tertiary/aromatic N) is 1. The van der Waals surface area contributed by atoms with Crippen LogP contribution in [-0.4, -0.2) is 71.6 Å². The first-order valence-corrected chi connectivity index (χ1v) is 9.57. The molecular weight excluding hydrogens is 390 g/mol. The first-order chi connectivity index (χ1) is 14.4. The molecule has 1 saturated heterocycles. The third-order valence-corrected chi connectivity index (χ3v) is 5.03. The zero-order chi connectivity index (χ0) is 21.7. The van der Waals surface area contributed by atoms with Crippen molar-refractivity contribution in [2.75, 3.05) is 20.3 Å². The van der Waals surface area contributed by atoms with E-state index in [4.69, 9.17) is 14.2 Å². The van der Waals surface area contributed by atoms with Gasteiger partial charge in [-0.2, -0.15) is 0 Å². The van der Waals surface area contributed by atoms with Crippen LogP contribution in [0.1, 0.15) is 17.3 Å². The number of likely N-dealkylation sites (tertiary alicyclic amines) is 1. The molecule has 0 aromatic heterocycles. The summed E-state index contributed by atoms with van der Waals surface area (Å²) in [5.41, 5.74) is 0.303. The van der Waals surface area contributed by atoms with E-state index >= 15 is 0 Å². The highest BCUT2D eigenvalue weighted by atomic mass is 16.6. The maximum absolute atomic E-state index is 12.4. The van der Waals surface area contributed by atoms with Crippen molar-refractivity contribution in [2.24, 2.45) is 0 Å². The van der Waals surface area contributed by atoms with Gasteiger partial charge in [0.1, 0.15) is 30.3 Å². The topological polar surface area (TPSA) is 106 Å². The standard InChI is InChI=1S/C22H25NO7/c1-14(24)23-12-19(25)21(30-22(27)15-6-4-3-5-7-15)20(26)18(23)13-29-17-10-8-16(28-2)9-11-17/h3-11,18-21,25-26H,12-13H2,1-2H3/t18-,19-,20-,21+/m1/s1. The number of amides is 1. The fourth-order valence-electron chi connectivity index (χ4n) is 3.39. The van der Waals surface area contributed by atoms with Crippen molar-refractivity contribution in [3.05, 3.63) is 60.2 Å². The largest absolute Gasteiger partial charge is 0.497 e. The molecule has 1 aliphatic heterocycles. The van der Waals surface area contributed by atoms with Crippen molar-refractivity contribution in [3.8, 4) is 11.5 Å². The summed E-state index contributed by atoms with van der Waals surface area (Å²) in [7, 11) is 1.56. The van der Waals surface area contributed by atoms with Crippen LogP contribution in [0.15, 0.2) is 54.6 Å². The van der Waals surface area contributed by atoms with Gasteiger partial charge >= 0.3 is 5.97 Å². The summed E-state index contributed by atoms with van der Waals surface area (Å²) in [6, 6.07) is 14.3. The first kappa shape index (κ1) is 21.6. The quantitative estimate of drug-likeness (QED) is 0.684. The van der Waals surface area contributed by atoms with E-state index < -0.39 is 30.3 Å². The van der Waals surface area contributed by atoms with E-state index in [9.17, 15) is 19.8 Å². The number of hydrogen-bond donors (Lipinski definition) is 2. The Morgan fingerprint density at radius 2 is 1.67 bits per heavy atom. The van der Waals surface area contributed by atoms with Gasteiger partial charge in [0.05, 0.1) is 25.3 Å². The molecule has 4 atom stereocenters. The highest BCUT2D eigenvalue weighted by molar-refractivity contribution is 5.89.